The van der Waals surface area contributed by atoms with Crippen LogP contribution in [0.3, 0.4) is 0 Å². The van der Waals surface area contributed by atoms with Crippen molar-refractivity contribution in [1.29, 1.82) is 0 Å². The molecule has 0 saturated carbocycles. The van der Waals surface area contributed by atoms with Crippen molar-refractivity contribution in [3.05, 3.63) is 51.6 Å². The van der Waals surface area contributed by atoms with E-state index in [1.54, 1.807) is 23.0 Å². The van der Waals surface area contributed by atoms with Crippen molar-refractivity contribution in [2.75, 3.05) is 0 Å². The van der Waals surface area contributed by atoms with E-state index in [2.05, 4.69) is 32.8 Å². The lowest BCUT2D eigenvalue weighted by Crippen LogP contribution is -2.33. The van der Waals surface area contributed by atoms with Crippen LogP contribution in [-0.2, 0) is 0 Å². The zero-order valence-corrected chi connectivity index (χ0v) is 12.2. The van der Waals surface area contributed by atoms with E-state index >= 15 is 0 Å². The number of hydrogen-bond acceptors (Lipinski definition) is 4. The molecule has 0 aliphatic rings. The Balaban J connectivity index is 2.12. The molecule has 4 aromatic rings. The molecule has 0 aliphatic carbocycles. The molecule has 4 rings (SSSR count). The van der Waals surface area contributed by atoms with E-state index in [0.717, 1.165) is 14.9 Å². The molecular formula is C13H7IN4O2. The Morgan fingerprint density at radius 3 is 3.00 bits per heavy atom. The summed E-state index contributed by atoms with van der Waals surface area (Å²) in [5.41, 5.74) is 2.60. The largest absolute Gasteiger partial charge is 0.594 e. The molecule has 20 heavy (non-hydrogen) atoms. The van der Waals surface area contributed by atoms with E-state index in [1.165, 1.54) is 0 Å². The highest BCUT2D eigenvalue weighted by Gasteiger charge is 2.16. The van der Waals surface area contributed by atoms with Gasteiger partial charge in [-0.05, 0) is 51.7 Å². The van der Waals surface area contributed by atoms with Gasteiger partial charge in [-0.25, -0.2) is 4.52 Å². The molecule has 0 aliphatic heterocycles. The highest BCUT2D eigenvalue weighted by molar-refractivity contribution is 14.1. The predicted octanol–water partition coefficient (Wildman–Crippen LogP) is 2.38. The molecule has 0 amide bonds. The SMILES string of the molecule is [O-][n+]1nc2c(I)cnn2c2cc(-c3ccco3)ccc21. The minimum Gasteiger partial charge on any atom is -0.594 e. The number of nitrogens with zero attached hydrogens (tertiary/aromatic N) is 4. The van der Waals surface area contributed by atoms with Crippen LogP contribution in [0.2, 0.25) is 0 Å². The second-order valence-corrected chi connectivity index (χ2v) is 5.44. The van der Waals surface area contributed by atoms with Crippen molar-refractivity contribution in [3.8, 4) is 11.3 Å². The summed E-state index contributed by atoms with van der Waals surface area (Å²) >= 11 is 2.11. The molecule has 0 radical (unpaired) electrons. The standard InChI is InChI=1S/C13H7IN4O2/c14-9-7-15-17-11-6-8(12-2-1-5-20-12)3-4-10(11)18(19)16-13(9)17/h1-7H. The maximum absolute atomic E-state index is 12.0. The van der Waals surface area contributed by atoms with Gasteiger partial charge in [0.05, 0.1) is 16.0 Å². The van der Waals surface area contributed by atoms with Crippen molar-refractivity contribution in [2.45, 2.75) is 0 Å². The van der Waals surface area contributed by atoms with Gasteiger partial charge < -0.3 is 9.62 Å². The van der Waals surface area contributed by atoms with Gasteiger partial charge in [-0.15, -0.1) is 0 Å². The van der Waals surface area contributed by atoms with Gasteiger partial charge in [0.25, 0.3) is 5.52 Å². The van der Waals surface area contributed by atoms with Crippen LogP contribution in [0.4, 0.5) is 0 Å². The Kier molecular flexibility index (Phi) is 2.43. The molecule has 7 heteroatoms. The van der Waals surface area contributed by atoms with Gasteiger partial charge in [-0.2, -0.15) is 5.10 Å². The lowest BCUT2D eigenvalue weighted by Gasteiger charge is -2.03. The van der Waals surface area contributed by atoms with E-state index in [0.29, 0.717) is 21.5 Å². The third kappa shape index (κ3) is 1.59. The molecule has 3 aromatic heterocycles. The van der Waals surface area contributed by atoms with Gasteiger partial charge in [0.1, 0.15) is 11.3 Å². The molecule has 0 N–H and O–H groups in total. The second kappa shape index (κ2) is 4.17. The van der Waals surface area contributed by atoms with Gasteiger partial charge in [0.15, 0.2) is 0 Å². The normalized spacial score (nSPS) is 11.4. The quantitative estimate of drug-likeness (QED) is 0.290. The van der Waals surface area contributed by atoms with Gasteiger partial charge in [-0.1, -0.05) is 0 Å². The highest BCUT2D eigenvalue weighted by Crippen LogP contribution is 2.24. The van der Waals surface area contributed by atoms with Crippen LogP contribution in [-0.4, -0.2) is 14.7 Å². The Labute approximate surface area is 126 Å². The van der Waals surface area contributed by atoms with Crippen molar-refractivity contribution >= 4 is 39.3 Å². The van der Waals surface area contributed by atoms with Crippen molar-refractivity contribution < 1.29 is 9.26 Å². The van der Waals surface area contributed by atoms with E-state index in [1.807, 2.05) is 24.3 Å². The number of aromatic nitrogens is 4. The van der Waals surface area contributed by atoms with Crippen LogP contribution in [0, 0.1) is 8.78 Å². The predicted molar refractivity (Wildman–Crippen MR) is 79.9 cm³/mol. The summed E-state index contributed by atoms with van der Waals surface area (Å²) in [6, 6.07) is 9.13. The van der Waals surface area contributed by atoms with Crippen LogP contribution in [0.25, 0.3) is 28.0 Å². The first-order valence-electron chi connectivity index (χ1n) is 5.85. The van der Waals surface area contributed by atoms with E-state index in [-0.39, 0.29) is 0 Å². The number of rotatable bonds is 1. The summed E-state index contributed by atoms with van der Waals surface area (Å²) in [5, 5.41) is 20.2. The van der Waals surface area contributed by atoms with E-state index in [9.17, 15) is 5.21 Å². The summed E-state index contributed by atoms with van der Waals surface area (Å²) < 4.78 is 7.88. The Bertz CT molecular complexity index is 931. The van der Waals surface area contributed by atoms with Crippen LogP contribution in [0.5, 0.6) is 0 Å². The Morgan fingerprint density at radius 1 is 1.30 bits per heavy atom. The zero-order valence-electron chi connectivity index (χ0n) is 10.0. The van der Waals surface area contributed by atoms with Crippen molar-refractivity contribution in [2.24, 2.45) is 0 Å². The summed E-state index contributed by atoms with van der Waals surface area (Å²) in [5.74, 6) is 0.746. The lowest BCUT2D eigenvalue weighted by molar-refractivity contribution is -0.640. The maximum atomic E-state index is 12.0. The summed E-state index contributed by atoms with van der Waals surface area (Å²) in [4.78, 5) is 0.625. The first-order chi connectivity index (χ1) is 9.74. The average Bonchev–Trinajstić information content (AvgIpc) is 3.10. The summed E-state index contributed by atoms with van der Waals surface area (Å²) in [7, 11) is 0. The molecule has 0 saturated heterocycles. The van der Waals surface area contributed by atoms with Crippen LogP contribution in [0.1, 0.15) is 0 Å². The molecule has 0 unspecified atom stereocenters. The molecule has 6 nitrogen and oxygen atoms in total. The lowest BCUT2D eigenvalue weighted by atomic mass is 10.1. The minimum atomic E-state index is 0.465. The fourth-order valence-electron chi connectivity index (χ4n) is 2.18. The van der Waals surface area contributed by atoms with E-state index < -0.39 is 0 Å². The molecule has 0 bridgehead atoms. The highest BCUT2D eigenvalue weighted by atomic mass is 127. The van der Waals surface area contributed by atoms with Gasteiger partial charge in [0, 0.05) is 16.7 Å². The van der Waals surface area contributed by atoms with Gasteiger partial charge in [0.2, 0.25) is 5.65 Å². The van der Waals surface area contributed by atoms with Gasteiger partial charge in [-0.3, -0.25) is 0 Å². The molecular weight excluding hydrogens is 371 g/mol. The number of benzene rings is 1. The number of halogens is 1. The van der Waals surface area contributed by atoms with Crippen LogP contribution < -0.4 is 4.85 Å². The van der Waals surface area contributed by atoms with Crippen LogP contribution >= 0.6 is 22.6 Å². The molecule has 0 atom stereocenters. The molecule has 3 heterocycles. The molecule has 98 valence electrons. The summed E-state index contributed by atoms with van der Waals surface area (Å²) in [6.45, 7) is 0. The van der Waals surface area contributed by atoms with E-state index in [4.69, 9.17) is 4.42 Å². The second-order valence-electron chi connectivity index (χ2n) is 4.28. The average molecular weight is 378 g/mol. The minimum absolute atomic E-state index is 0.465. The smallest absolute Gasteiger partial charge is 0.270 e. The Hall–Kier alpha value is -2.16. The molecule has 1 aromatic carbocycles. The fraction of sp³-hybridized carbons (Fsp3) is 0. The number of hydrogen-bond donors (Lipinski definition) is 0. The van der Waals surface area contributed by atoms with Gasteiger partial charge >= 0.3 is 0 Å². The molecule has 0 spiro atoms. The fourth-order valence-corrected chi connectivity index (χ4v) is 2.64. The third-order valence-electron chi connectivity index (χ3n) is 3.10. The Morgan fingerprint density at radius 2 is 2.20 bits per heavy atom. The topological polar surface area (TPSA) is 70.3 Å². The number of fused-ring (bicyclic) bond motifs is 3. The first-order valence-corrected chi connectivity index (χ1v) is 6.92. The van der Waals surface area contributed by atoms with Crippen LogP contribution in [0.15, 0.2) is 47.2 Å². The third-order valence-corrected chi connectivity index (χ3v) is 3.86. The zero-order chi connectivity index (χ0) is 13.7. The van der Waals surface area contributed by atoms with Crippen molar-refractivity contribution in [3.63, 3.8) is 0 Å². The molecule has 0 fully saturated rings. The summed E-state index contributed by atoms with van der Waals surface area (Å²) in [6.07, 6.45) is 3.30. The first kappa shape index (κ1) is 11.6. The number of furan rings is 1. The maximum Gasteiger partial charge on any atom is 0.270 e. The van der Waals surface area contributed by atoms with Crippen molar-refractivity contribution in [1.82, 2.24) is 14.7 Å². The monoisotopic (exact) mass is 378 g/mol.